The van der Waals surface area contributed by atoms with Crippen LogP contribution in [0.25, 0.3) is 11.3 Å². The minimum absolute atomic E-state index is 0.0242. The number of para-hydroxylation sites is 1. The molecule has 2 aromatic carbocycles. The Morgan fingerprint density at radius 3 is 2.63 bits per heavy atom. The molecule has 0 radical (unpaired) electrons. The van der Waals surface area contributed by atoms with Crippen LogP contribution >= 0.6 is 11.8 Å². The lowest BCUT2D eigenvalue weighted by molar-refractivity contribution is -0.115. The van der Waals surface area contributed by atoms with E-state index >= 15 is 0 Å². The van der Waals surface area contributed by atoms with Gasteiger partial charge in [-0.25, -0.2) is 9.97 Å². The van der Waals surface area contributed by atoms with Crippen LogP contribution in [0.5, 0.6) is 0 Å². The molecule has 1 heterocycles. The topological polar surface area (TPSA) is 54.9 Å². The van der Waals surface area contributed by atoms with E-state index in [1.54, 1.807) is 6.33 Å². The Labute approximate surface area is 164 Å². The maximum atomic E-state index is 12.7. The van der Waals surface area contributed by atoms with Gasteiger partial charge >= 0.3 is 0 Å². The summed E-state index contributed by atoms with van der Waals surface area (Å²) >= 11 is 1.44. The number of rotatable bonds is 6. The van der Waals surface area contributed by atoms with Gasteiger partial charge in [-0.05, 0) is 37.5 Å². The standard InChI is InChI=1S/C22H23N3OS/c1-4-17-12-8-9-15(2)21(17)25-22(26)16(3)27-20-13-19(23-14-24-20)18-10-6-5-7-11-18/h5-14,16H,4H2,1-3H3,(H,25,26). The molecule has 0 saturated heterocycles. The number of carbonyl (C=O) groups excluding carboxylic acids is 1. The van der Waals surface area contributed by atoms with Crippen LogP contribution in [0.15, 0.2) is 66.0 Å². The monoisotopic (exact) mass is 377 g/mol. The highest BCUT2D eigenvalue weighted by Gasteiger charge is 2.18. The third-order valence-corrected chi connectivity index (χ3v) is 5.40. The van der Waals surface area contributed by atoms with Crippen molar-refractivity contribution in [1.82, 2.24) is 9.97 Å². The van der Waals surface area contributed by atoms with Crippen molar-refractivity contribution in [3.8, 4) is 11.3 Å². The van der Waals surface area contributed by atoms with Gasteiger partial charge in [-0.1, -0.05) is 67.2 Å². The van der Waals surface area contributed by atoms with Crippen molar-refractivity contribution in [3.63, 3.8) is 0 Å². The number of aromatic nitrogens is 2. The molecular formula is C22H23N3OS. The molecule has 1 aromatic heterocycles. The molecule has 1 amide bonds. The summed E-state index contributed by atoms with van der Waals surface area (Å²) in [6.45, 7) is 6.01. The second-order valence-electron chi connectivity index (χ2n) is 6.32. The third-order valence-electron chi connectivity index (χ3n) is 4.37. The lowest BCUT2D eigenvalue weighted by atomic mass is 10.1. The molecule has 0 aliphatic carbocycles. The number of nitrogens with zero attached hydrogens (tertiary/aromatic N) is 2. The predicted molar refractivity (Wildman–Crippen MR) is 112 cm³/mol. The summed E-state index contributed by atoms with van der Waals surface area (Å²) in [4.78, 5) is 21.4. The van der Waals surface area contributed by atoms with Crippen LogP contribution in [0.1, 0.15) is 25.0 Å². The molecular weight excluding hydrogens is 354 g/mol. The van der Waals surface area contributed by atoms with Gasteiger partial charge in [-0.2, -0.15) is 0 Å². The molecule has 0 aliphatic rings. The molecule has 138 valence electrons. The van der Waals surface area contributed by atoms with Gasteiger partial charge in [0.2, 0.25) is 5.91 Å². The van der Waals surface area contributed by atoms with E-state index in [4.69, 9.17) is 0 Å². The van der Waals surface area contributed by atoms with Crippen LogP contribution < -0.4 is 5.32 Å². The fourth-order valence-corrected chi connectivity index (χ4v) is 3.65. The SMILES string of the molecule is CCc1cccc(C)c1NC(=O)C(C)Sc1cc(-c2ccccc2)ncn1. The van der Waals surface area contributed by atoms with Gasteiger partial charge in [0.1, 0.15) is 11.4 Å². The zero-order valence-corrected chi connectivity index (χ0v) is 16.6. The number of nitrogens with one attached hydrogen (secondary N) is 1. The summed E-state index contributed by atoms with van der Waals surface area (Å²) in [5.74, 6) is -0.0242. The fraction of sp³-hybridized carbons (Fsp3) is 0.227. The van der Waals surface area contributed by atoms with E-state index in [1.165, 1.54) is 11.8 Å². The van der Waals surface area contributed by atoms with Crippen LogP contribution in [-0.2, 0) is 11.2 Å². The number of hydrogen-bond donors (Lipinski definition) is 1. The first-order valence-corrected chi connectivity index (χ1v) is 9.90. The van der Waals surface area contributed by atoms with Gasteiger partial charge in [0.25, 0.3) is 0 Å². The van der Waals surface area contributed by atoms with Gasteiger partial charge in [-0.3, -0.25) is 4.79 Å². The molecule has 1 N–H and O–H groups in total. The molecule has 0 saturated carbocycles. The van der Waals surface area contributed by atoms with Crippen molar-refractivity contribution in [2.45, 2.75) is 37.5 Å². The lowest BCUT2D eigenvalue weighted by Crippen LogP contribution is -2.23. The lowest BCUT2D eigenvalue weighted by Gasteiger charge is -2.16. The molecule has 0 spiro atoms. The Hall–Kier alpha value is -2.66. The minimum Gasteiger partial charge on any atom is -0.325 e. The molecule has 5 heteroatoms. The first kappa shape index (κ1) is 19.1. The quantitative estimate of drug-likeness (QED) is 0.478. The maximum Gasteiger partial charge on any atom is 0.237 e. The van der Waals surface area contributed by atoms with Gasteiger partial charge in [0, 0.05) is 11.3 Å². The molecule has 1 atom stereocenters. The van der Waals surface area contributed by atoms with Gasteiger partial charge in [0.05, 0.1) is 10.9 Å². The van der Waals surface area contributed by atoms with Crippen LogP contribution in [0, 0.1) is 6.92 Å². The zero-order chi connectivity index (χ0) is 19.2. The van der Waals surface area contributed by atoms with Crippen molar-refractivity contribution in [1.29, 1.82) is 0 Å². The van der Waals surface area contributed by atoms with Gasteiger partial charge in [0.15, 0.2) is 0 Å². The van der Waals surface area contributed by atoms with Gasteiger partial charge in [-0.15, -0.1) is 0 Å². The number of hydrogen-bond acceptors (Lipinski definition) is 4. The smallest absolute Gasteiger partial charge is 0.237 e. The highest BCUT2D eigenvalue weighted by Crippen LogP contribution is 2.27. The van der Waals surface area contributed by atoms with E-state index in [0.29, 0.717) is 0 Å². The number of aryl methyl sites for hydroxylation is 2. The first-order chi connectivity index (χ1) is 13.1. The van der Waals surface area contributed by atoms with Crippen molar-refractivity contribution < 1.29 is 4.79 Å². The summed E-state index contributed by atoms with van der Waals surface area (Å²) in [6, 6.07) is 18.0. The maximum absolute atomic E-state index is 12.7. The van der Waals surface area contributed by atoms with Crippen LogP contribution in [-0.4, -0.2) is 21.1 Å². The average molecular weight is 378 g/mol. The van der Waals surface area contributed by atoms with Crippen molar-refractivity contribution >= 4 is 23.4 Å². The van der Waals surface area contributed by atoms with Crippen LogP contribution in [0.2, 0.25) is 0 Å². The van der Waals surface area contributed by atoms with Gasteiger partial charge < -0.3 is 5.32 Å². The van der Waals surface area contributed by atoms with E-state index in [-0.39, 0.29) is 11.2 Å². The number of carbonyl (C=O) groups is 1. The second kappa shape index (κ2) is 8.82. The van der Waals surface area contributed by atoms with E-state index < -0.39 is 0 Å². The predicted octanol–water partition coefficient (Wildman–Crippen LogP) is 5.13. The molecule has 3 rings (SSSR count). The average Bonchev–Trinajstić information content (AvgIpc) is 2.70. The largest absolute Gasteiger partial charge is 0.325 e. The van der Waals surface area contributed by atoms with Crippen LogP contribution in [0.4, 0.5) is 5.69 Å². The van der Waals surface area contributed by atoms with E-state index in [1.807, 2.05) is 62.4 Å². The molecule has 0 bridgehead atoms. The summed E-state index contributed by atoms with van der Waals surface area (Å²) in [6.07, 6.45) is 2.43. The second-order valence-corrected chi connectivity index (χ2v) is 7.68. The fourth-order valence-electron chi connectivity index (χ4n) is 2.83. The number of amides is 1. The van der Waals surface area contributed by atoms with E-state index in [9.17, 15) is 4.79 Å². The third kappa shape index (κ3) is 4.74. The Kier molecular flexibility index (Phi) is 6.24. The summed E-state index contributed by atoms with van der Waals surface area (Å²) in [5.41, 5.74) is 5.03. The molecule has 3 aromatic rings. The molecule has 0 fully saturated rings. The van der Waals surface area contributed by atoms with Crippen LogP contribution in [0.3, 0.4) is 0 Å². The van der Waals surface area contributed by atoms with Crippen molar-refractivity contribution in [3.05, 3.63) is 72.1 Å². The zero-order valence-electron chi connectivity index (χ0n) is 15.8. The number of anilines is 1. The number of thioether (sulfide) groups is 1. The number of benzene rings is 2. The summed E-state index contributed by atoms with van der Waals surface area (Å²) in [5, 5.41) is 3.61. The Bertz CT molecular complexity index is 928. The molecule has 27 heavy (non-hydrogen) atoms. The van der Waals surface area contributed by atoms with E-state index in [0.717, 1.165) is 39.5 Å². The summed E-state index contributed by atoms with van der Waals surface area (Å²) < 4.78 is 0. The van der Waals surface area contributed by atoms with E-state index in [2.05, 4.69) is 28.3 Å². The Morgan fingerprint density at radius 2 is 1.89 bits per heavy atom. The normalized spacial score (nSPS) is 11.8. The molecule has 4 nitrogen and oxygen atoms in total. The Balaban J connectivity index is 1.72. The highest BCUT2D eigenvalue weighted by molar-refractivity contribution is 8.00. The highest BCUT2D eigenvalue weighted by atomic mass is 32.2. The molecule has 1 unspecified atom stereocenters. The first-order valence-electron chi connectivity index (χ1n) is 9.02. The summed E-state index contributed by atoms with van der Waals surface area (Å²) in [7, 11) is 0. The van der Waals surface area contributed by atoms with Crippen molar-refractivity contribution in [2.24, 2.45) is 0 Å². The van der Waals surface area contributed by atoms with Crippen molar-refractivity contribution in [2.75, 3.05) is 5.32 Å². The minimum atomic E-state index is -0.271. The Morgan fingerprint density at radius 1 is 1.11 bits per heavy atom. The molecule has 0 aliphatic heterocycles.